The number of hydrogen-bond donors (Lipinski definition) is 9. The van der Waals surface area contributed by atoms with E-state index < -0.39 is 47.2 Å². The van der Waals surface area contributed by atoms with Crippen molar-refractivity contribution in [1.82, 2.24) is 0 Å². The third-order valence-corrected chi connectivity index (χ3v) is 5.88. The first-order valence-corrected chi connectivity index (χ1v) is 9.45. The molecule has 0 heterocycles. The van der Waals surface area contributed by atoms with Crippen LogP contribution < -0.4 is 5.46 Å². The van der Waals surface area contributed by atoms with E-state index >= 15 is 0 Å². The van der Waals surface area contributed by atoms with Gasteiger partial charge < -0.3 is 45.8 Å². The Labute approximate surface area is 181 Å². The molecule has 32 heavy (non-hydrogen) atoms. The highest BCUT2D eigenvalue weighted by atomic mass is 16.4. The van der Waals surface area contributed by atoms with Gasteiger partial charge in [0.2, 0.25) is 17.2 Å². The normalized spacial score (nSPS) is 11.4. The van der Waals surface area contributed by atoms with Crippen LogP contribution in [0.3, 0.4) is 0 Å². The molecule has 0 fully saturated rings. The Morgan fingerprint density at radius 3 is 1.47 bits per heavy atom. The molecule has 4 rings (SSSR count). The highest BCUT2D eigenvalue weighted by molar-refractivity contribution is 6.66. The fourth-order valence-corrected chi connectivity index (χ4v) is 4.13. The van der Waals surface area contributed by atoms with Gasteiger partial charge >= 0.3 is 7.12 Å². The molecule has 0 amide bonds. The largest absolute Gasteiger partial charge is 0.507 e. The third kappa shape index (κ3) is 2.60. The number of benzene rings is 4. The summed E-state index contributed by atoms with van der Waals surface area (Å²) in [6.07, 6.45) is 0. The van der Waals surface area contributed by atoms with Gasteiger partial charge in [-0.1, -0.05) is 24.3 Å². The molecule has 0 aliphatic rings. The summed E-state index contributed by atoms with van der Waals surface area (Å²) < 4.78 is 0. The van der Waals surface area contributed by atoms with Crippen LogP contribution in [0.4, 0.5) is 0 Å². The second-order valence-electron chi connectivity index (χ2n) is 7.52. The summed E-state index contributed by atoms with van der Waals surface area (Å²) >= 11 is 0. The first-order valence-electron chi connectivity index (χ1n) is 9.45. The van der Waals surface area contributed by atoms with Crippen molar-refractivity contribution in [3.63, 3.8) is 0 Å². The molecule has 164 valence electrons. The van der Waals surface area contributed by atoms with E-state index in [1.807, 2.05) is 0 Å². The first-order chi connectivity index (χ1) is 15.0. The minimum atomic E-state index is -2.08. The second-order valence-corrected chi connectivity index (χ2v) is 7.52. The summed E-state index contributed by atoms with van der Waals surface area (Å²) in [6, 6.07) is 6.12. The van der Waals surface area contributed by atoms with E-state index in [1.54, 1.807) is 12.1 Å². The predicted octanol–water partition coefficient (Wildman–Crippen LogP) is 1.90. The zero-order valence-electron chi connectivity index (χ0n) is 16.9. The quantitative estimate of drug-likeness (QED) is 0.0977. The SMILES string of the molecule is Cc1c(C)c(O)c2c(-c3c(O)c(O)c(O)c(O)c3O)c3ccccc3c(B(O)O)c2c1O. The van der Waals surface area contributed by atoms with Gasteiger partial charge in [-0.25, -0.2) is 0 Å². The van der Waals surface area contributed by atoms with E-state index in [0.29, 0.717) is 0 Å². The first kappa shape index (κ1) is 21.2. The van der Waals surface area contributed by atoms with Gasteiger partial charge in [0.1, 0.15) is 11.5 Å². The van der Waals surface area contributed by atoms with Gasteiger partial charge in [-0.2, -0.15) is 0 Å². The van der Waals surface area contributed by atoms with Crippen molar-refractivity contribution in [2.45, 2.75) is 13.8 Å². The molecule has 0 aliphatic heterocycles. The van der Waals surface area contributed by atoms with Gasteiger partial charge in [-0.3, -0.25) is 0 Å². The maximum atomic E-state index is 11.0. The molecule has 0 unspecified atom stereocenters. The molecular weight excluding hydrogens is 419 g/mol. The topological polar surface area (TPSA) is 182 Å². The van der Waals surface area contributed by atoms with Crippen molar-refractivity contribution >= 4 is 34.1 Å². The van der Waals surface area contributed by atoms with E-state index in [-0.39, 0.29) is 49.4 Å². The average molecular weight is 438 g/mol. The van der Waals surface area contributed by atoms with Gasteiger partial charge in [0.15, 0.2) is 11.5 Å². The minimum Gasteiger partial charge on any atom is -0.507 e. The molecule has 10 heteroatoms. The second kappa shape index (κ2) is 7.01. The number of aromatic hydroxyl groups is 7. The van der Waals surface area contributed by atoms with Crippen LogP contribution in [-0.4, -0.2) is 52.9 Å². The fraction of sp³-hybridized carbons (Fsp3) is 0.0909. The molecule has 0 atom stereocenters. The molecule has 0 bridgehead atoms. The Balaban J connectivity index is 2.46. The van der Waals surface area contributed by atoms with E-state index in [2.05, 4.69) is 0 Å². The summed E-state index contributed by atoms with van der Waals surface area (Å²) in [4.78, 5) is 0. The van der Waals surface area contributed by atoms with Crippen LogP contribution in [0, 0.1) is 13.8 Å². The van der Waals surface area contributed by atoms with E-state index in [4.69, 9.17) is 0 Å². The Morgan fingerprint density at radius 2 is 0.969 bits per heavy atom. The summed E-state index contributed by atoms with van der Waals surface area (Å²) in [6.45, 7) is 3.02. The van der Waals surface area contributed by atoms with E-state index in [9.17, 15) is 45.8 Å². The van der Waals surface area contributed by atoms with Crippen LogP contribution >= 0.6 is 0 Å². The lowest BCUT2D eigenvalue weighted by Gasteiger charge is -2.22. The minimum absolute atomic E-state index is 0.128. The summed E-state index contributed by atoms with van der Waals surface area (Å²) in [5.74, 6) is -6.17. The number of fused-ring (bicyclic) bond motifs is 2. The van der Waals surface area contributed by atoms with Crippen molar-refractivity contribution < 1.29 is 45.8 Å². The number of phenols is 7. The van der Waals surface area contributed by atoms with E-state index in [1.165, 1.54) is 26.0 Å². The number of rotatable bonds is 2. The van der Waals surface area contributed by atoms with Gasteiger partial charge in [0.05, 0.1) is 5.56 Å². The standard InChI is InChI=1S/C22H19BO9/c1-7-8(2)17(25)13-12(16(7)24)11(9-5-3-4-6-10(9)15(13)23(31)32)14-18(26)20(28)22(30)21(29)19(14)27/h3-6,24-32H,1-2H3. The highest BCUT2D eigenvalue weighted by Crippen LogP contribution is 2.58. The Hall–Kier alpha value is -4.02. The highest BCUT2D eigenvalue weighted by Gasteiger charge is 2.32. The third-order valence-electron chi connectivity index (χ3n) is 5.88. The molecule has 0 saturated carbocycles. The van der Waals surface area contributed by atoms with Gasteiger partial charge in [-0.15, -0.1) is 0 Å². The van der Waals surface area contributed by atoms with E-state index in [0.717, 1.165) is 0 Å². The van der Waals surface area contributed by atoms with Crippen molar-refractivity contribution in [3.8, 4) is 51.4 Å². The number of phenolic OH excluding ortho intramolecular Hbond substituents is 7. The van der Waals surface area contributed by atoms with Crippen molar-refractivity contribution in [3.05, 3.63) is 35.4 Å². The molecule has 0 saturated heterocycles. The molecule has 9 N–H and O–H groups in total. The molecule has 0 spiro atoms. The molecule has 0 aromatic heterocycles. The summed E-state index contributed by atoms with van der Waals surface area (Å²) in [5.41, 5.74) is -0.326. The van der Waals surface area contributed by atoms with Crippen LogP contribution in [0.5, 0.6) is 40.2 Å². The van der Waals surface area contributed by atoms with Gasteiger partial charge in [-0.05, 0) is 35.7 Å². The molecule has 9 nitrogen and oxygen atoms in total. The molecule has 4 aromatic carbocycles. The Bertz CT molecular complexity index is 1420. The maximum Gasteiger partial charge on any atom is 0.489 e. The maximum absolute atomic E-state index is 11.0. The van der Waals surface area contributed by atoms with Crippen LogP contribution in [0.1, 0.15) is 11.1 Å². The average Bonchev–Trinajstić information content (AvgIpc) is 2.77. The Morgan fingerprint density at radius 1 is 0.531 bits per heavy atom. The molecular formula is C22H19BO9. The number of hydrogen-bond acceptors (Lipinski definition) is 9. The molecule has 4 aromatic rings. The molecule has 0 aliphatic carbocycles. The van der Waals surface area contributed by atoms with Gasteiger partial charge in [0.25, 0.3) is 0 Å². The lowest BCUT2D eigenvalue weighted by molar-refractivity contribution is 0.330. The fourth-order valence-electron chi connectivity index (χ4n) is 4.13. The monoisotopic (exact) mass is 438 g/mol. The van der Waals surface area contributed by atoms with Gasteiger partial charge in [0, 0.05) is 21.8 Å². The van der Waals surface area contributed by atoms with Crippen molar-refractivity contribution in [2.75, 3.05) is 0 Å². The summed E-state index contributed by atoms with van der Waals surface area (Å²) in [5, 5.41) is 93.4. The van der Waals surface area contributed by atoms with Crippen molar-refractivity contribution in [1.29, 1.82) is 0 Å². The Kier molecular flexibility index (Phi) is 4.65. The zero-order chi connectivity index (χ0) is 23.6. The lowest BCUT2D eigenvalue weighted by Crippen LogP contribution is -2.31. The van der Waals surface area contributed by atoms with Crippen LogP contribution in [0.25, 0.3) is 32.7 Å². The van der Waals surface area contributed by atoms with Crippen LogP contribution in [0.2, 0.25) is 0 Å². The lowest BCUT2D eigenvalue weighted by atomic mass is 9.71. The molecule has 0 radical (unpaired) electrons. The zero-order valence-corrected chi connectivity index (χ0v) is 16.9. The predicted molar refractivity (Wildman–Crippen MR) is 118 cm³/mol. The van der Waals surface area contributed by atoms with Crippen LogP contribution in [-0.2, 0) is 0 Å². The van der Waals surface area contributed by atoms with Crippen LogP contribution in [0.15, 0.2) is 24.3 Å². The smallest absolute Gasteiger partial charge is 0.489 e. The van der Waals surface area contributed by atoms with Crippen molar-refractivity contribution in [2.24, 2.45) is 0 Å². The summed E-state index contributed by atoms with van der Waals surface area (Å²) in [7, 11) is -2.08.